The van der Waals surface area contributed by atoms with Crippen molar-refractivity contribution < 1.29 is 9.72 Å². The van der Waals surface area contributed by atoms with E-state index in [2.05, 4.69) is 15.5 Å². The number of nitro groups is 1. The van der Waals surface area contributed by atoms with Gasteiger partial charge in [0, 0.05) is 12.3 Å². The average molecular weight is 389 g/mol. The molecule has 27 heavy (non-hydrogen) atoms. The lowest BCUT2D eigenvalue weighted by atomic mass is 10.1. The minimum atomic E-state index is -0.684. The molecular formula is C17H17ClN6O3. The van der Waals surface area contributed by atoms with Crippen molar-refractivity contribution in [2.24, 2.45) is 0 Å². The van der Waals surface area contributed by atoms with Crippen LogP contribution in [0.15, 0.2) is 36.5 Å². The molecule has 0 unspecified atom stereocenters. The van der Waals surface area contributed by atoms with Crippen LogP contribution in [0.25, 0.3) is 0 Å². The van der Waals surface area contributed by atoms with E-state index in [1.54, 1.807) is 23.9 Å². The highest BCUT2D eigenvalue weighted by molar-refractivity contribution is 6.33. The fourth-order valence-electron chi connectivity index (χ4n) is 2.58. The number of benzene rings is 1. The van der Waals surface area contributed by atoms with E-state index >= 15 is 0 Å². The molecule has 0 atom stereocenters. The summed E-state index contributed by atoms with van der Waals surface area (Å²) >= 11 is 5.87. The highest BCUT2D eigenvalue weighted by Gasteiger charge is 2.25. The Hall–Kier alpha value is -3.20. The lowest BCUT2D eigenvalue weighted by molar-refractivity contribution is -0.389. The van der Waals surface area contributed by atoms with Crippen LogP contribution < -0.4 is 5.32 Å². The smallest absolute Gasteiger partial charge is 0.358 e. The van der Waals surface area contributed by atoms with Gasteiger partial charge in [-0.1, -0.05) is 35.9 Å². The Bertz CT molecular complexity index is 1010. The highest BCUT2D eigenvalue weighted by Crippen LogP contribution is 2.26. The predicted octanol–water partition coefficient (Wildman–Crippen LogP) is 2.95. The summed E-state index contributed by atoms with van der Waals surface area (Å²) in [5.41, 5.74) is 2.64. The van der Waals surface area contributed by atoms with E-state index in [0.717, 1.165) is 11.1 Å². The molecule has 0 aliphatic heterocycles. The lowest BCUT2D eigenvalue weighted by Gasteiger charge is -2.05. The van der Waals surface area contributed by atoms with Gasteiger partial charge in [-0.25, -0.2) is 0 Å². The first-order valence-corrected chi connectivity index (χ1v) is 8.48. The molecule has 3 aromatic rings. The SMILES string of the molecule is Cc1ccccc1Cn1ccc(NC(=O)Cn2nc([N+](=O)[O-])c(Cl)c2C)n1. The second kappa shape index (κ2) is 7.58. The Labute approximate surface area is 159 Å². The number of nitrogens with zero attached hydrogens (tertiary/aromatic N) is 5. The Morgan fingerprint density at radius 1 is 1.26 bits per heavy atom. The van der Waals surface area contributed by atoms with Gasteiger partial charge in [-0.05, 0) is 29.9 Å². The number of nitrogens with one attached hydrogen (secondary N) is 1. The molecule has 1 amide bonds. The molecule has 0 aliphatic carbocycles. The summed E-state index contributed by atoms with van der Waals surface area (Å²) in [7, 11) is 0. The zero-order valence-corrected chi connectivity index (χ0v) is 15.5. The van der Waals surface area contributed by atoms with Gasteiger partial charge in [0.2, 0.25) is 5.91 Å². The number of amides is 1. The molecule has 2 heterocycles. The Balaban J connectivity index is 1.66. The van der Waals surface area contributed by atoms with Crippen molar-refractivity contribution in [3.8, 4) is 0 Å². The third-order valence-corrected chi connectivity index (χ3v) is 4.53. The zero-order chi connectivity index (χ0) is 19.6. The van der Waals surface area contributed by atoms with Gasteiger partial charge in [0.15, 0.2) is 10.8 Å². The van der Waals surface area contributed by atoms with Gasteiger partial charge in [-0.2, -0.15) is 9.78 Å². The van der Waals surface area contributed by atoms with E-state index in [4.69, 9.17) is 11.6 Å². The maximum atomic E-state index is 12.2. The maximum Gasteiger partial charge on any atom is 0.408 e. The van der Waals surface area contributed by atoms with Gasteiger partial charge in [0.25, 0.3) is 0 Å². The van der Waals surface area contributed by atoms with Crippen molar-refractivity contribution in [3.05, 3.63) is 68.5 Å². The van der Waals surface area contributed by atoms with Crippen LogP contribution in [0.1, 0.15) is 16.8 Å². The Morgan fingerprint density at radius 3 is 2.67 bits per heavy atom. The summed E-state index contributed by atoms with van der Waals surface area (Å²) in [6.45, 7) is 3.97. The molecular weight excluding hydrogens is 372 g/mol. The topological polar surface area (TPSA) is 108 Å². The Kier molecular flexibility index (Phi) is 5.22. The largest absolute Gasteiger partial charge is 0.408 e. The summed E-state index contributed by atoms with van der Waals surface area (Å²) < 4.78 is 2.92. The van der Waals surface area contributed by atoms with Crippen molar-refractivity contribution in [2.45, 2.75) is 26.9 Å². The van der Waals surface area contributed by atoms with Crippen molar-refractivity contribution in [1.29, 1.82) is 0 Å². The number of halogens is 1. The van der Waals surface area contributed by atoms with Gasteiger partial charge in [0.05, 0.1) is 17.3 Å². The highest BCUT2D eigenvalue weighted by atomic mass is 35.5. The van der Waals surface area contributed by atoms with Crippen molar-refractivity contribution in [2.75, 3.05) is 5.32 Å². The number of hydrogen-bond donors (Lipinski definition) is 1. The Morgan fingerprint density at radius 2 is 2.00 bits per heavy atom. The summed E-state index contributed by atoms with van der Waals surface area (Å²) in [5, 5.41) is 21.5. The number of aryl methyl sites for hydroxylation is 1. The molecule has 9 nitrogen and oxygen atoms in total. The standard InChI is InChI=1S/C17H17ClN6O3/c1-11-5-3-4-6-13(11)9-22-8-7-14(20-22)19-15(25)10-23-12(2)16(18)17(21-23)24(26)27/h3-8H,9-10H2,1-2H3,(H,19,20,25). The van der Waals surface area contributed by atoms with Gasteiger partial charge in [0.1, 0.15) is 6.54 Å². The number of anilines is 1. The van der Waals surface area contributed by atoms with Gasteiger partial charge in [-0.15, -0.1) is 0 Å². The molecule has 0 saturated carbocycles. The second-order valence-electron chi connectivity index (χ2n) is 6.01. The molecule has 3 rings (SSSR count). The fraction of sp³-hybridized carbons (Fsp3) is 0.235. The van der Waals surface area contributed by atoms with Crippen LogP contribution in [0, 0.1) is 24.0 Å². The molecule has 0 spiro atoms. The van der Waals surface area contributed by atoms with E-state index in [-0.39, 0.29) is 11.6 Å². The monoisotopic (exact) mass is 388 g/mol. The number of hydrogen-bond acceptors (Lipinski definition) is 5. The summed E-state index contributed by atoms with van der Waals surface area (Å²) in [5.74, 6) is -0.489. The summed E-state index contributed by atoms with van der Waals surface area (Å²) in [6.07, 6.45) is 1.77. The molecule has 2 aromatic heterocycles. The second-order valence-corrected chi connectivity index (χ2v) is 6.39. The predicted molar refractivity (Wildman–Crippen MR) is 99.8 cm³/mol. The maximum absolute atomic E-state index is 12.2. The average Bonchev–Trinajstić information content (AvgIpc) is 3.16. The van der Waals surface area contributed by atoms with Crippen LogP contribution in [-0.4, -0.2) is 30.4 Å². The van der Waals surface area contributed by atoms with Crippen LogP contribution in [0.2, 0.25) is 5.02 Å². The van der Waals surface area contributed by atoms with Crippen molar-refractivity contribution >= 4 is 29.1 Å². The molecule has 140 valence electrons. The van der Waals surface area contributed by atoms with E-state index in [0.29, 0.717) is 18.1 Å². The van der Waals surface area contributed by atoms with Crippen molar-refractivity contribution in [3.63, 3.8) is 0 Å². The summed E-state index contributed by atoms with van der Waals surface area (Å²) in [6, 6.07) is 9.67. The van der Waals surface area contributed by atoms with Crippen LogP contribution in [0.4, 0.5) is 11.6 Å². The van der Waals surface area contributed by atoms with Crippen LogP contribution in [0.3, 0.4) is 0 Å². The molecule has 0 saturated heterocycles. The van der Waals surface area contributed by atoms with E-state index in [1.165, 1.54) is 4.68 Å². The molecule has 0 aliphatic rings. The zero-order valence-electron chi connectivity index (χ0n) is 14.7. The van der Waals surface area contributed by atoms with Gasteiger partial charge in [-0.3, -0.25) is 9.48 Å². The van der Waals surface area contributed by atoms with Crippen LogP contribution in [0.5, 0.6) is 0 Å². The number of carbonyl (C=O) groups is 1. The van der Waals surface area contributed by atoms with E-state index < -0.39 is 16.6 Å². The molecule has 0 fully saturated rings. The minimum absolute atomic E-state index is 0.0738. The molecule has 10 heteroatoms. The summed E-state index contributed by atoms with van der Waals surface area (Å²) in [4.78, 5) is 22.4. The number of rotatable bonds is 6. The van der Waals surface area contributed by atoms with Gasteiger partial charge >= 0.3 is 5.82 Å². The molecule has 0 radical (unpaired) electrons. The number of aromatic nitrogens is 4. The molecule has 0 bridgehead atoms. The first-order valence-electron chi connectivity index (χ1n) is 8.10. The van der Waals surface area contributed by atoms with Crippen LogP contribution >= 0.6 is 11.6 Å². The van der Waals surface area contributed by atoms with Gasteiger partial charge < -0.3 is 15.4 Å². The number of carbonyl (C=O) groups excluding carboxylic acids is 1. The third-order valence-electron chi connectivity index (χ3n) is 4.08. The van der Waals surface area contributed by atoms with Crippen LogP contribution in [-0.2, 0) is 17.9 Å². The third kappa shape index (κ3) is 4.14. The normalized spacial score (nSPS) is 10.8. The van der Waals surface area contributed by atoms with Crippen molar-refractivity contribution in [1.82, 2.24) is 19.6 Å². The first-order chi connectivity index (χ1) is 12.8. The molecule has 1 N–H and O–H groups in total. The minimum Gasteiger partial charge on any atom is -0.358 e. The van der Waals surface area contributed by atoms with E-state index in [9.17, 15) is 14.9 Å². The lowest BCUT2D eigenvalue weighted by Crippen LogP contribution is -2.20. The fourth-order valence-corrected chi connectivity index (χ4v) is 2.78. The quantitative estimate of drug-likeness (QED) is 0.516. The molecule has 1 aromatic carbocycles. The van der Waals surface area contributed by atoms with E-state index in [1.807, 2.05) is 31.2 Å². The first kappa shape index (κ1) is 18.6.